The van der Waals surface area contributed by atoms with Crippen LogP contribution in [0.4, 0.5) is 0 Å². The second-order valence-corrected chi connectivity index (χ2v) is 4.02. The maximum Gasteiger partial charge on any atom is 0.335 e. The van der Waals surface area contributed by atoms with Crippen LogP contribution in [0.25, 0.3) is 0 Å². The number of rotatable bonds is 4. The molecule has 1 heterocycles. The van der Waals surface area contributed by atoms with Crippen LogP contribution in [0, 0.1) is 0 Å². The number of hydrogen-bond donors (Lipinski definition) is 2. The van der Waals surface area contributed by atoms with Gasteiger partial charge in [-0.05, 0) is 37.1 Å². The molecule has 92 valence electrons. The first kappa shape index (κ1) is 11.9. The van der Waals surface area contributed by atoms with Gasteiger partial charge in [-0.3, -0.25) is 0 Å². The van der Waals surface area contributed by atoms with Crippen LogP contribution < -0.4 is 4.74 Å². The minimum absolute atomic E-state index is 0.202. The van der Waals surface area contributed by atoms with Crippen LogP contribution in [0.2, 0.25) is 0 Å². The summed E-state index contributed by atoms with van der Waals surface area (Å²) in [6.07, 6.45) is 1.18. The molecule has 0 radical (unpaired) electrons. The van der Waals surface area contributed by atoms with Crippen LogP contribution in [0.15, 0.2) is 24.3 Å². The molecule has 1 fully saturated rings. The molecule has 1 aromatic rings. The number of ether oxygens (including phenoxy) is 1. The normalized spacial score (nSPS) is 17.9. The fourth-order valence-electron chi connectivity index (χ4n) is 1.83. The maximum absolute atomic E-state index is 10.6. The van der Waals surface area contributed by atoms with E-state index in [0.29, 0.717) is 5.75 Å². The average Bonchev–Trinajstić information content (AvgIpc) is 2.83. The number of benzene rings is 1. The Bertz CT molecular complexity index is 384. The molecule has 17 heavy (non-hydrogen) atoms. The molecule has 0 bridgehead atoms. The topological polar surface area (TPSA) is 70.0 Å². The van der Waals surface area contributed by atoms with E-state index in [-0.39, 0.29) is 5.56 Å². The van der Waals surface area contributed by atoms with E-state index in [1.165, 1.54) is 12.1 Å². The molecule has 2 rings (SSSR count). The lowest BCUT2D eigenvalue weighted by Gasteiger charge is -2.22. The highest BCUT2D eigenvalue weighted by molar-refractivity contribution is 5.87. The summed E-state index contributed by atoms with van der Waals surface area (Å²) in [5, 5.41) is 18.5. The standard InChI is InChI=1S/C12H15NO4/c14-11(15)9-3-5-10(6-4-9)17-12(16)13-7-1-2-8-13/h3-6,12,16H,1-2,7-8H2,(H,14,15). The Morgan fingerprint density at radius 3 is 2.35 bits per heavy atom. The van der Waals surface area contributed by atoms with Crippen LogP contribution in [-0.2, 0) is 0 Å². The monoisotopic (exact) mass is 237 g/mol. The number of nitrogens with zero attached hydrogens (tertiary/aromatic N) is 1. The molecular weight excluding hydrogens is 222 g/mol. The molecule has 1 atom stereocenters. The van der Waals surface area contributed by atoms with E-state index in [9.17, 15) is 9.90 Å². The molecular formula is C12H15NO4. The van der Waals surface area contributed by atoms with Crippen LogP contribution in [-0.4, -0.2) is 40.6 Å². The quantitative estimate of drug-likeness (QED) is 0.768. The van der Waals surface area contributed by atoms with Crippen molar-refractivity contribution < 1.29 is 19.7 Å². The average molecular weight is 237 g/mol. The van der Waals surface area contributed by atoms with E-state index in [1.54, 1.807) is 12.1 Å². The van der Waals surface area contributed by atoms with Crippen molar-refractivity contribution in [3.63, 3.8) is 0 Å². The lowest BCUT2D eigenvalue weighted by molar-refractivity contribution is -0.126. The zero-order chi connectivity index (χ0) is 12.3. The summed E-state index contributed by atoms with van der Waals surface area (Å²) in [5.41, 5.74) is 0.202. The van der Waals surface area contributed by atoms with Gasteiger partial charge in [0.25, 0.3) is 6.41 Å². The zero-order valence-corrected chi connectivity index (χ0v) is 9.37. The first-order valence-electron chi connectivity index (χ1n) is 5.59. The summed E-state index contributed by atoms with van der Waals surface area (Å²) in [6.45, 7) is 1.66. The summed E-state index contributed by atoms with van der Waals surface area (Å²) in [6, 6.07) is 5.99. The Balaban J connectivity index is 1.96. The van der Waals surface area contributed by atoms with Crippen LogP contribution in [0.3, 0.4) is 0 Å². The fourth-order valence-corrected chi connectivity index (χ4v) is 1.83. The highest BCUT2D eigenvalue weighted by Crippen LogP contribution is 2.17. The van der Waals surface area contributed by atoms with Gasteiger partial charge in [-0.1, -0.05) is 0 Å². The van der Waals surface area contributed by atoms with E-state index >= 15 is 0 Å². The molecule has 2 N–H and O–H groups in total. The van der Waals surface area contributed by atoms with E-state index < -0.39 is 12.4 Å². The Morgan fingerprint density at radius 2 is 1.82 bits per heavy atom. The van der Waals surface area contributed by atoms with Gasteiger partial charge in [0.15, 0.2) is 0 Å². The van der Waals surface area contributed by atoms with E-state index in [2.05, 4.69) is 0 Å². The van der Waals surface area contributed by atoms with Crippen molar-refractivity contribution in [1.82, 2.24) is 4.90 Å². The van der Waals surface area contributed by atoms with Gasteiger partial charge < -0.3 is 14.9 Å². The van der Waals surface area contributed by atoms with Crippen molar-refractivity contribution in [1.29, 1.82) is 0 Å². The molecule has 0 aromatic heterocycles. The first-order chi connectivity index (χ1) is 8.16. The lowest BCUT2D eigenvalue weighted by atomic mass is 10.2. The van der Waals surface area contributed by atoms with Crippen molar-refractivity contribution in [2.75, 3.05) is 13.1 Å². The predicted octanol–water partition coefficient (Wildman–Crippen LogP) is 1.14. The second-order valence-electron chi connectivity index (χ2n) is 4.02. The van der Waals surface area contributed by atoms with Crippen molar-refractivity contribution in [3.05, 3.63) is 29.8 Å². The first-order valence-corrected chi connectivity index (χ1v) is 5.59. The molecule has 1 aliphatic heterocycles. The van der Waals surface area contributed by atoms with E-state index in [4.69, 9.17) is 9.84 Å². The minimum atomic E-state index is -0.975. The van der Waals surface area contributed by atoms with Gasteiger partial charge in [-0.25, -0.2) is 9.69 Å². The molecule has 0 spiro atoms. The third kappa shape index (κ3) is 2.95. The van der Waals surface area contributed by atoms with Gasteiger partial charge >= 0.3 is 5.97 Å². The number of carboxylic acids is 1. The van der Waals surface area contributed by atoms with Crippen LogP contribution in [0.1, 0.15) is 23.2 Å². The number of aliphatic hydroxyl groups is 1. The van der Waals surface area contributed by atoms with Crippen LogP contribution in [0.5, 0.6) is 5.75 Å². The maximum atomic E-state index is 10.6. The van der Waals surface area contributed by atoms with Crippen molar-refractivity contribution in [3.8, 4) is 5.75 Å². The lowest BCUT2D eigenvalue weighted by Crippen LogP contribution is -2.37. The van der Waals surface area contributed by atoms with Gasteiger partial charge in [0.05, 0.1) is 5.56 Å². The Labute approximate surface area is 99.2 Å². The summed E-state index contributed by atoms with van der Waals surface area (Å²) < 4.78 is 5.32. The summed E-state index contributed by atoms with van der Waals surface area (Å²) in [7, 11) is 0. The molecule has 1 saturated heterocycles. The number of aliphatic hydroxyl groups excluding tert-OH is 1. The SMILES string of the molecule is O=C(O)c1ccc(OC(O)N2CCCC2)cc1. The third-order valence-corrected chi connectivity index (χ3v) is 2.80. The summed E-state index contributed by atoms with van der Waals surface area (Å²) >= 11 is 0. The van der Waals surface area contributed by atoms with Crippen LogP contribution >= 0.6 is 0 Å². The van der Waals surface area contributed by atoms with Gasteiger partial charge in [0.1, 0.15) is 5.75 Å². The molecule has 5 nitrogen and oxygen atoms in total. The molecule has 1 aliphatic rings. The molecule has 5 heteroatoms. The Kier molecular flexibility index (Phi) is 3.61. The van der Waals surface area contributed by atoms with Gasteiger partial charge in [0.2, 0.25) is 0 Å². The number of likely N-dealkylation sites (tertiary alicyclic amines) is 1. The molecule has 0 saturated carbocycles. The Morgan fingerprint density at radius 1 is 1.24 bits per heavy atom. The fraction of sp³-hybridized carbons (Fsp3) is 0.417. The third-order valence-electron chi connectivity index (χ3n) is 2.80. The number of carboxylic acid groups (broad SMARTS) is 1. The minimum Gasteiger partial charge on any atom is -0.478 e. The molecule has 1 unspecified atom stereocenters. The zero-order valence-electron chi connectivity index (χ0n) is 9.37. The van der Waals surface area contributed by atoms with E-state index in [1.807, 2.05) is 4.90 Å². The smallest absolute Gasteiger partial charge is 0.335 e. The largest absolute Gasteiger partial charge is 0.478 e. The second kappa shape index (κ2) is 5.16. The van der Waals surface area contributed by atoms with Gasteiger partial charge in [-0.2, -0.15) is 0 Å². The molecule has 0 amide bonds. The highest BCUT2D eigenvalue weighted by atomic mass is 16.6. The number of carbonyl (C=O) groups is 1. The molecule has 1 aromatic carbocycles. The van der Waals surface area contributed by atoms with E-state index in [0.717, 1.165) is 25.9 Å². The Hall–Kier alpha value is -1.59. The summed E-state index contributed by atoms with van der Waals surface area (Å²) in [4.78, 5) is 12.5. The number of aromatic carboxylic acids is 1. The number of hydrogen-bond acceptors (Lipinski definition) is 4. The van der Waals surface area contributed by atoms with Gasteiger partial charge in [-0.15, -0.1) is 0 Å². The van der Waals surface area contributed by atoms with Crippen molar-refractivity contribution >= 4 is 5.97 Å². The highest BCUT2D eigenvalue weighted by Gasteiger charge is 2.20. The predicted molar refractivity (Wildman–Crippen MR) is 60.8 cm³/mol. The van der Waals surface area contributed by atoms with Gasteiger partial charge in [0, 0.05) is 13.1 Å². The van der Waals surface area contributed by atoms with Crippen molar-refractivity contribution in [2.45, 2.75) is 19.3 Å². The van der Waals surface area contributed by atoms with Crippen molar-refractivity contribution in [2.24, 2.45) is 0 Å². The summed E-state index contributed by atoms with van der Waals surface area (Å²) in [5.74, 6) is -0.508. The molecule has 0 aliphatic carbocycles.